The molecule has 1 aliphatic rings. The smallest absolute Gasteiger partial charge is 0.224 e. The highest BCUT2D eigenvalue weighted by Crippen LogP contribution is 2.10. The van der Waals surface area contributed by atoms with Crippen LogP contribution in [0, 0.1) is 0 Å². The lowest BCUT2D eigenvalue weighted by molar-refractivity contribution is -0.127. The minimum atomic E-state index is 0.0327. The Hall–Kier alpha value is -0.610. The van der Waals surface area contributed by atoms with E-state index in [1.165, 1.54) is 0 Å². The second kappa shape index (κ2) is 4.58. The van der Waals surface area contributed by atoms with Gasteiger partial charge in [-0.05, 0) is 12.8 Å². The van der Waals surface area contributed by atoms with Crippen LogP contribution in [-0.4, -0.2) is 36.0 Å². The van der Waals surface area contributed by atoms with Gasteiger partial charge in [0, 0.05) is 31.6 Å². The molecule has 4 nitrogen and oxygen atoms in total. The maximum atomic E-state index is 11.3. The van der Waals surface area contributed by atoms with Crippen molar-refractivity contribution in [3.63, 3.8) is 0 Å². The van der Waals surface area contributed by atoms with Crippen molar-refractivity contribution < 1.29 is 4.79 Å². The summed E-state index contributed by atoms with van der Waals surface area (Å²) in [4.78, 5) is 13.1. The molecule has 0 aromatic carbocycles. The Bertz CT molecular complexity index is 184. The Morgan fingerprint density at radius 3 is 2.85 bits per heavy atom. The van der Waals surface area contributed by atoms with Gasteiger partial charge in [0.1, 0.15) is 0 Å². The number of carbonyl (C=O) groups is 1. The van der Waals surface area contributed by atoms with E-state index in [0.717, 1.165) is 19.4 Å². The number of amides is 1. The van der Waals surface area contributed by atoms with Crippen LogP contribution in [0.4, 0.5) is 0 Å². The zero-order chi connectivity index (χ0) is 9.84. The third-order valence-corrected chi connectivity index (χ3v) is 2.54. The first-order valence-electron chi connectivity index (χ1n) is 4.92. The van der Waals surface area contributed by atoms with Gasteiger partial charge in [-0.2, -0.15) is 0 Å². The Morgan fingerprint density at radius 2 is 2.38 bits per heavy atom. The van der Waals surface area contributed by atoms with Crippen molar-refractivity contribution in [3.05, 3.63) is 0 Å². The molecule has 0 aromatic rings. The Labute approximate surface area is 79.3 Å². The Kier molecular flexibility index (Phi) is 3.69. The van der Waals surface area contributed by atoms with Crippen LogP contribution in [0.2, 0.25) is 0 Å². The highest BCUT2D eigenvalue weighted by atomic mass is 16.2. The summed E-state index contributed by atoms with van der Waals surface area (Å²) in [5.74, 6) is 0.177. The normalized spacial score (nSPS) is 25.3. The van der Waals surface area contributed by atoms with E-state index in [4.69, 9.17) is 11.5 Å². The molecule has 1 amide bonds. The highest BCUT2D eigenvalue weighted by molar-refractivity contribution is 5.79. The van der Waals surface area contributed by atoms with Crippen LogP contribution in [0.25, 0.3) is 0 Å². The van der Waals surface area contributed by atoms with Crippen LogP contribution >= 0.6 is 0 Å². The molecule has 1 aliphatic heterocycles. The fourth-order valence-electron chi connectivity index (χ4n) is 1.54. The molecular formula is C9H19N3O. The molecule has 13 heavy (non-hydrogen) atoms. The van der Waals surface area contributed by atoms with Crippen LogP contribution < -0.4 is 11.5 Å². The second-order valence-electron chi connectivity index (χ2n) is 3.76. The molecule has 0 aliphatic carbocycles. The van der Waals surface area contributed by atoms with E-state index in [-0.39, 0.29) is 18.0 Å². The monoisotopic (exact) mass is 185 g/mol. The summed E-state index contributed by atoms with van der Waals surface area (Å²) < 4.78 is 0. The fraction of sp³-hybridized carbons (Fsp3) is 0.889. The number of carbonyl (C=O) groups excluding carboxylic acids is 1. The fourth-order valence-corrected chi connectivity index (χ4v) is 1.54. The lowest BCUT2D eigenvalue weighted by atomic mass is 10.1. The standard InChI is InChI=1S/C9H19N3O/c1-2-7(10)3-4-12-6-8(11)5-9(12)13/h7-8H,2-6,10-11H2,1H3. The molecule has 1 rings (SSSR count). The molecule has 2 unspecified atom stereocenters. The van der Waals surface area contributed by atoms with E-state index in [2.05, 4.69) is 6.92 Å². The molecule has 4 N–H and O–H groups in total. The molecule has 0 bridgehead atoms. The van der Waals surface area contributed by atoms with Crippen molar-refractivity contribution in [3.8, 4) is 0 Å². The highest BCUT2D eigenvalue weighted by Gasteiger charge is 2.26. The van der Waals surface area contributed by atoms with Gasteiger partial charge < -0.3 is 16.4 Å². The third-order valence-electron chi connectivity index (χ3n) is 2.54. The van der Waals surface area contributed by atoms with E-state index >= 15 is 0 Å². The van der Waals surface area contributed by atoms with E-state index in [0.29, 0.717) is 13.0 Å². The van der Waals surface area contributed by atoms with Crippen molar-refractivity contribution in [1.82, 2.24) is 4.90 Å². The summed E-state index contributed by atoms with van der Waals surface area (Å²) in [5.41, 5.74) is 11.4. The van der Waals surface area contributed by atoms with E-state index < -0.39 is 0 Å². The number of nitrogens with two attached hydrogens (primary N) is 2. The number of hydrogen-bond donors (Lipinski definition) is 2. The second-order valence-corrected chi connectivity index (χ2v) is 3.76. The number of nitrogens with zero attached hydrogens (tertiary/aromatic N) is 1. The summed E-state index contributed by atoms with van der Waals surface area (Å²) in [7, 11) is 0. The Morgan fingerprint density at radius 1 is 1.69 bits per heavy atom. The minimum absolute atomic E-state index is 0.0327. The maximum absolute atomic E-state index is 11.3. The van der Waals surface area contributed by atoms with Gasteiger partial charge in [0.2, 0.25) is 5.91 Å². The summed E-state index contributed by atoms with van der Waals surface area (Å²) in [5, 5.41) is 0. The van der Waals surface area contributed by atoms with Crippen molar-refractivity contribution in [2.24, 2.45) is 11.5 Å². The molecule has 2 atom stereocenters. The largest absolute Gasteiger partial charge is 0.341 e. The summed E-state index contributed by atoms with van der Waals surface area (Å²) >= 11 is 0. The topological polar surface area (TPSA) is 72.3 Å². The third kappa shape index (κ3) is 2.97. The molecular weight excluding hydrogens is 166 g/mol. The number of hydrogen-bond acceptors (Lipinski definition) is 3. The zero-order valence-corrected chi connectivity index (χ0v) is 8.20. The first-order chi connectivity index (χ1) is 6.13. The van der Waals surface area contributed by atoms with Crippen LogP contribution in [0.15, 0.2) is 0 Å². The Balaban J connectivity index is 2.25. The van der Waals surface area contributed by atoms with Gasteiger partial charge in [-0.15, -0.1) is 0 Å². The predicted molar refractivity (Wildman–Crippen MR) is 52.1 cm³/mol. The number of rotatable bonds is 4. The molecule has 0 aromatic heterocycles. The molecule has 1 fully saturated rings. The zero-order valence-electron chi connectivity index (χ0n) is 8.20. The van der Waals surface area contributed by atoms with Crippen molar-refractivity contribution in [2.45, 2.75) is 38.3 Å². The van der Waals surface area contributed by atoms with Gasteiger partial charge in [-0.1, -0.05) is 6.92 Å². The summed E-state index contributed by atoms with van der Waals surface area (Å²) in [6, 6.07) is 0.245. The SMILES string of the molecule is CCC(N)CCN1CC(N)CC1=O. The molecule has 0 radical (unpaired) electrons. The minimum Gasteiger partial charge on any atom is -0.341 e. The first-order valence-corrected chi connectivity index (χ1v) is 4.92. The van der Waals surface area contributed by atoms with Crippen LogP contribution in [0.1, 0.15) is 26.2 Å². The van der Waals surface area contributed by atoms with Crippen molar-refractivity contribution in [2.75, 3.05) is 13.1 Å². The molecule has 4 heteroatoms. The van der Waals surface area contributed by atoms with E-state index in [9.17, 15) is 4.79 Å². The number of likely N-dealkylation sites (tertiary alicyclic amines) is 1. The van der Waals surface area contributed by atoms with Gasteiger partial charge >= 0.3 is 0 Å². The maximum Gasteiger partial charge on any atom is 0.224 e. The van der Waals surface area contributed by atoms with Crippen LogP contribution in [-0.2, 0) is 4.79 Å². The molecule has 1 heterocycles. The van der Waals surface area contributed by atoms with Gasteiger partial charge in [-0.25, -0.2) is 0 Å². The van der Waals surface area contributed by atoms with Gasteiger partial charge in [0.05, 0.1) is 0 Å². The van der Waals surface area contributed by atoms with Crippen molar-refractivity contribution in [1.29, 1.82) is 0 Å². The van der Waals surface area contributed by atoms with Gasteiger partial charge in [0.25, 0.3) is 0 Å². The van der Waals surface area contributed by atoms with Gasteiger partial charge in [-0.3, -0.25) is 4.79 Å². The molecule has 76 valence electrons. The van der Waals surface area contributed by atoms with Crippen LogP contribution in [0.3, 0.4) is 0 Å². The molecule has 1 saturated heterocycles. The average Bonchev–Trinajstić information content (AvgIpc) is 2.41. The van der Waals surface area contributed by atoms with Gasteiger partial charge in [0.15, 0.2) is 0 Å². The lowest BCUT2D eigenvalue weighted by Crippen LogP contribution is -2.32. The van der Waals surface area contributed by atoms with E-state index in [1.54, 1.807) is 0 Å². The summed E-state index contributed by atoms with van der Waals surface area (Å²) in [6.45, 7) is 3.53. The van der Waals surface area contributed by atoms with Crippen molar-refractivity contribution >= 4 is 5.91 Å². The predicted octanol–water partition coefficient (Wildman–Crippen LogP) is -0.327. The quantitative estimate of drug-likeness (QED) is 0.630. The average molecular weight is 185 g/mol. The lowest BCUT2D eigenvalue weighted by Gasteiger charge is -2.17. The summed E-state index contributed by atoms with van der Waals surface area (Å²) in [6.07, 6.45) is 2.35. The van der Waals surface area contributed by atoms with E-state index in [1.807, 2.05) is 4.90 Å². The first kappa shape index (κ1) is 10.5. The molecule has 0 saturated carbocycles. The molecule has 0 spiro atoms. The van der Waals surface area contributed by atoms with Crippen LogP contribution in [0.5, 0.6) is 0 Å².